The van der Waals surface area contributed by atoms with Gasteiger partial charge in [0.05, 0.1) is 6.42 Å². The van der Waals surface area contributed by atoms with Gasteiger partial charge >= 0.3 is 0 Å². The molecular formula is C18H15NO. The minimum atomic E-state index is -0.303. The number of amides is 1. The number of fused-ring (bicyclic) bond motifs is 1. The van der Waals surface area contributed by atoms with Gasteiger partial charge in [0.1, 0.15) is 0 Å². The fraction of sp³-hybridized carbons (Fsp3) is 0.0556. The summed E-state index contributed by atoms with van der Waals surface area (Å²) in [7, 11) is 0. The van der Waals surface area contributed by atoms with E-state index >= 15 is 0 Å². The smallest absolute Gasteiger partial charge is 0.221 e. The first-order valence-electron chi connectivity index (χ1n) is 6.60. The Hall–Kier alpha value is -2.61. The first-order valence-corrected chi connectivity index (χ1v) is 6.60. The second-order valence-electron chi connectivity index (χ2n) is 4.83. The third-order valence-electron chi connectivity index (χ3n) is 3.46. The topological polar surface area (TPSA) is 43.1 Å². The van der Waals surface area contributed by atoms with Crippen molar-refractivity contribution in [2.24, 2.45) is 5.73 Å². The molecule has 0 bridgehead atoms. The van der Waals surface area contributed by atoms with E-state index in [9.17, 15) is 4.79 Å². The van der Waals surface area contributed by atoms with Gasteiger partial charge in [-0.3, -0.25) is 4.79 Å². The molecule has 3 rings (SSSR count). The van der Waals surface area contributed by atoms with E-state index in [4.69, 9.17) is 5.73 Å². The van der Waals surface area contributed by atoms with Crippen LogP contribution in [0.15, 0.2) is 66.7 Å². The lowest BCUT2D eigenvalue weighted by molar-refractivity contribution is -0.117. The van der Waals surface area contributed by atoms with Gasteiger partial charge in [-0.15, -0.1) is 0 Å². The van der Waals surface area contributed by atoms with E-state index in [1.54, 1.807) is 0 Å². The van der Waals surface area contributed by atoms with Crippen LogP contribution >= 0.6 is 0 Å². The van der Waals surface area contributed by atoms with Gasteiger partial charge in [0.25, 0.3) is 0 Å². The van der Waals surface area contributed by atoms with Crippen molar-refractivity contribution in [2.45, 2.75) is 6.42 Å². The van der Waals surface area contributed by atoms with Gasteiger partial charge in [0.15, 0.2) is 0 Å². The molecule has 0 aliphatic rings. The number of hydrogen-bond acceptors (Lipinski definition) is 1. The summed E-state index contributed by atoms with van der Waals surface area (Å²) in [4.78, 5) is 11.2. The van der Waals surface area contributed by atoms with Gasteiger partial charge in [-0.05, 0) is 27.5 Å². The van der Waals surface area contributed by atoms with E-state index in [0.717, 1.165) is 16.3 Å². The Bertz CT molecular complexity index is 763. The third kappa shape index (κ3) is 2.28. The Labute approximate surface area is 117 Å². The van der Waals surface area contributed by atoms with Gasteiger partial charge in [-0.1, -0.05) is 66.7 Å². The summed E-state index contributed by atoms with van der Waals surface area (Å²) in [5.41, 5.74) is 8.66. The lowest BCUT2D eigenvalue weighted by Gasteiger charge is -2.10. The number of primary amides is 1. The molecule has 0 unspecified atom stereocenters. The van der Waals surface area contributed by atoms with Crippen molar-refractivity contribution in [3.8, 4) is 11.1 Å². The van der Waals surface area contributed by atoms with Crippen molar-refractivity contribution in [2.75, 3.05) is 0 Å². The summed E-state index contributed by atoms with van der Waals surface area (Å²) in [5.74, 6) is -0.303. The minimum absolute atomic E-state index is 0.273. The van der Waals surface area contributed by atoms with E-state index in [1.165, 1.54) is 11.1 Å². The van der Waals surface area contributed by atoms with Gasteiger partial charge < -0.3 is 5.73 Å². The third-order valence-corrected chi connectivity index (χ3v) is 3.46. The molecule has 1 amide bonds. The maximum atomic E-state index is 11.2. The monoisotopic (exact) mass is 261 g/mol. The summed E-state index contributed by atoms with van der Waals surface area (Å²) >= 11 is 0. The van der Waals surface area contributed by atoms with E-state index in [0.29, 0.717) is 0 Å². The molecule has 0 radical (unpaired) electrons. The Kier molecular flexibility index (Phi) is 3.21. The molecule has 20 heavy (non-hydrogen) atoms. The van der Waals surface area contributed by atoms with Crippen LogP contribution < -0.4 is 5.73 Å². The summed E-state index contributed by atoms with van der Waals surface area (Å²) in [6, 6.07) is 22.4. The van der Waals surface area contributed by atoms with Crippen LogP contribution in [0.4, 0.5) is 0 Å². The average Bonchev–Trinajstić information content (AvgIpc) is 2.48. The number of carbonyl (C=O) groups excluding carboxylic acids is 1. The van der Waals surface area contributed by atoms with Crippen molar-refractivity contribution in [1.29, 1.82) is 0 Å². The lowest BCUT2D eigenvalue weighted by Crippen LogP contribution is -2.13. The largest absolute Gasteiger partial charge is 0.369 e. The number of nitrogens with two attached hydrogens (primary N) is 1. The fourth-order valence-corrected chi connectivity index (χ4v) is 2.57. The molecular weight excluding hydrogens is 246 g/mol. The minimum Gasteiger partial charge on any atom is -0.369 e. The van der Waals surface area contributed by atoms with Crippen LogP contribution in [0, 0.1) is 0 Å². The SMILES string of the molecule is NC(=O)Cc1ccc(-c2ccccc2)c2ccccc12. The lowest BCUT2D eigenvalue weighted by atomic mass is 9.94. The van der Waals surface area contributed by atoms with Crippen LogP contribution in [-0.2, 0) is 11.2 Å². The molecule has 3 aromatic rings. The molecule has 98 valence electrons. The fourth-order valence-electron chi connectivity index (χ4n) is 2.57. The number of benzene rings is 3. The maximum absolute atomic E-state index is 11.2. The molecule has 0 fully saturated rings. The summed E-state index contributed by atoms with van der Waals surface area (Å²) in [5, 5.41) is 2.24. The zero-order valence-corrected chi connectivity index (χ0v) is 11.0. The number of carbonyl (C=O) groups is 1. The second-order valence-corrected chi connectivity index (χ2v) is 4.83. The van der Waals surface area contributed by atoms with Crippen LogP contribution in [0.5, 0.6) is 0 Å². The van der Waals surface area contributed by atoms with Crippen LogP contribution in [-0.4, -0.2) is 5.91 Å². The number of rotatable bonds is 3. The van der Waals surface area contributed by atoms with Crippen LogP contribution in [0.1, 0.15) is 5.56 Å². The highest BCUT2D eigenvalue weighted by Gasteiger charge is 2.08. The van der Waals surface area contributed by atoms with Gasteiger partial charge in [0, 0.05) is 0 Å². The van der Waals surface area contributed by atoms with E-state index in [2.05, 4.69) is 24.3 Å². The van der Waals surface area contributed by atoms with Crippen molar-refractivity contribution in [3.05, 3.63) is 72.3 Å². The second kappa shape index (κ2) is 5.17. The predicted molar refractivity (Wildman–Crippen MR) is 82.3 cm³/mol. The van der Waals surface area contributed by atoms with E-state index < -0.39 is 0 Å². The summed E-state index contributed by atoms with van der Waals surface area (Å²) in [6.07, 6.45) is 0.273. The molecule has 0 aliphatic heterocycles. The Morgan fingerprint density at radius 2 is 1.45 bits per heavy atom. The van der Waals surface area contributed by atoms with Crippen molar-refractivity contribution in [3.63, 3.8) is 0 Å². The maximum Gasteiger partial charge on any atom is 0.221 e. The molecule has 0 saturated carbocycles. The van der Waals surface area contributed by atoms with E-state index in [-0.39, 0.29) is 12.3 Å². The molecule has 0 aromatic heterocycles. The molecule has 0 aliphatic carbocycles. The highest BCUT2D eigenvalue weighted by atomic mass is 16.1. The Morgan fingerprint density at radius 1 is 0.800 bits per heavy atom. The molecule has 0 spiro atoms. The number of hydrogen-bond donors (Lipinski definition) is 1. The summed E-state index contributed by atoms with van der Waals surface area (Å²) < 4.78 is 0. The standard InChI is InChI=1S/C18H15NO/c19-18(20)12-14-10-11-16(13-6-2-1-3-7-13)17-9-5-4-8-15(14)17/h1-11H,12H2,(H2,19,20). The molecule has 2 nitrogen and oxygen atoms in total. The molecule has 0 heterocycles. The molecule has 3 aromatic carbocycles. The van der Waals surface area contributed by atoms with Gasteiger partial charge in [0.2, 0.25) is 5.91 Å². The highest BCUT2D eigenvalue weighted by molar-refractivity contribution is 5.99. The first-order chi connectivity index (χ1) is 9.75. The predicted octanol–water partition coefficient (Wildman–Crippen LogP) is 3.53. The first kappa shape index (κ1) is 12.4. The van der Waals surface area contributed by atoms with Gasteiger partial charge in [-0.2, -0.15) is 0 Å². The molecule has 0 atom stereocenters. The zero-order chi connectivity index (χ0) is 13.9. The van der Waals surface area contributed by atoms with Crippen LogP contribution in [0.25, 0.3) is 21.9 Å². The Balaban J connectivity index is 2.24. The molecule has 0 saturated heterocycles. The van der Waals surface area contributed by atoms with Crippen molar-refractivity contribution in [1.82, 2.24) is 0 Å². The summed E-state index contributed by atoms with van der Waals surface area (Å²) in [6.45, 7) is 0. The average molecular weight is 261 g/mol. The van der Waals surface area contributed by atoms with Crippen molar-refractivity contribution >= 4 is 16.7 Å². The molecule has 2 heteroatoms. The zero-order valence-electron chi connectivity index (χ0n) is 11.0. The van der Waals surface area contributed by atoms with Crippen LogP contribution in [0.2, 0.25) is 0 Å². The quantitative estimate of drug-likeness (QED) is 0.770. The normalized spacial score (nSPS) is 10.6. The highest BCUT2D eigenvalue weighted by Crippen LogP contribution is 2.30. The molecule has 2 N–H and O–H groups in total. The van der Waals surface area contributed by atoms with E-state index in [1.807, 2.05) is 42.5 Å². The Morgan fingerprint density at radius 3 is 2.15 bits per heavy atom. The van der Waals surface area contributed by atoms with Gasteiger partial charge in [-0.25, -0.2) is 0 Å². The van der Waals surface area contributed by atoms with Crippen LogP contribution in [0.3, 0.4) is 0 Å². The van der Waals surface area contributed by atoms with Crippen molar-refractivity contribution < 1.29 is 4.79 Å².